The standard InChI is InChI=1S/C26H31N7O/c1-26(2,3)20-9-7-19(8-10-20)22-28-23-21(16-18-6-5-11-27-17-18)24(34)30-33(23)25(29-22)32-14-12-31(4)13-15-32/h5-11,17H,12-16H2,1-4H3,(H,30,34). The highest BCUT2D eigenvalue weighted by Crippen LogP contribution is 2.27. The first-order valence-corrected chi connectivity index (χ1v) is 11.7. The molecule has 0 spiro atoms. The average molecular weight is 458 g/mol. The number of nitrogens with one attached hydrogen (secondary N) is 1. The molecular weight excluding hydrogens is 426 g/mol. The van der Waals surface area contributed by atoms with E-state index in [1.165, 1.54) is 5.56 Å². The van der Waals surface area contributed by atoms with Gasteiger partial charge in [-0.1, -0.05) is 51.1 Å². The van der Waals surface area contributed by atoms with Crippen LogP contribution in [0.25, 0.3) is 17.0 Å². The summed E-state index contributed by atoms with van der Waals surface area (Å²) in [5.74, 6) is 1.35. The Labute approximate surface area is 199 Å². The highest BCUT2D eigenvalue weighted by Gasteiger charge is 2.23. The van der Waals surface area contributed by atoms with Gasteiger partial charge in [-0.15, -0.1) is 0 Å². The lowest BCUT2D eigenvalue weighted by Crippen LogP contribution is -2.45. The number of hydrogen-bond donors (Lipinski definition) is 1. The number of hydrogen-bond acceptors (Lipinski definition) is 6. The van der Waals surface area contributed by atoms with Crippen LogP contribution in [-0.4, -0.2) is 62.7 Å². The number of benzene rings is 1. The maximum atomic E-state index is 13.0. The van der Waals surface area contributed by atoms with E-state index in [1.807, 2.05) is 12.1 Å². The molecule has 0 atom stereocenters. The number of piperazine rings is 1. The summed E-state index contributed by atoms with van der Waals surface area (Å²) in [5.41, 5.74) is 4.33. The lowest BCUT2D eigenvalue weighted by molar-refractivity contribution is 0.310. The second-order valence-electron chi connectivity index (χ2n) is 10.1. The Morgan fingerprint density at radius 2 is 1.74 bits per heavy atom. The fourth-order valence-corrected chi connectivity index (χ4v) is 4.32. The molecule has 5 rings (SSSR count). The molecule has 1 saturated heterocycles. The van der Waals surface area contributed by atoms with Crippen molar-refractivity contribution in [3.05, 3.63) is 75.8 Å². The molecule has 0 amide bonds. The van der Waals surface area contributed by atoms with Gasteiger partial charge < -0.3 is 9.80 Å². The van der Waals surface area contributed by atoms with Crippen LogP contribution in [0.4, 0.5) is 5.95 Å². The van der Waals surface area contributed by atoms with E-state index in [1.54, 1.807) is 16.9 Å². The highest BCUT2D eigenvalue weighted by atomic mass is 16.1. The molecule has 8 nitrogen and oxygen atoms in total. The number of likely N-dealkylation sites (N-methyl/N-ethyl adjacent to an activating group) is 1. The first kappa shape index (κ1) is 22.3. The van der Waals surface area contributed by atoms with Crippen LogP contribution in [0.5, 0.6) is 0 Å². The van der Waals surface area contributed by atoms with E-state index < -0.39 is 0 Å². The van der Waals surface area contributed by atoms with E-state index in [0.29, 0.717) is 23.5 Å². The van der Waals surface area contributed by atoms with Gasteiger partial charge in [0.05, 0.1) is 5.56 Å². The Bertz CT molecular complexity index is 1340. The zero-order valence-corrected chi connectivity index (χ0v) is 20.2. The topological polar surface area (TPSA) is 82.4 Å². The second-order valence-corrected chi connectivity index (χ2v) is 10.1. The summed E-state index contributed by atoms with van der Waals surface area (Å²) in [6.45, 7) is 10.2. The molecule has 1 fully saturated rings. The molecule has 1 aliphatic rings. The second kappa shape index (κ2) is 8.68. The van der Waals surface area contributed by atoms with Crippen molar-refractivity contribution in [2.24, 2.45) is 0 Å². The van der Waals surface area contributed by atoms with E-state index in [-0.39, 0.29) is 11.0 Å². The lowest BCUT2D eigenvalue weighted by atomic mass is 9.87. The summed E-state index contributed by atoms with van der Waals surface area (Å²) in [6, 6.07) is 12.3. The molecule has 176 valence electrons. The van der Waals surface area contributed by atoms with Crippen molar-refractivity contribution in [3.63, 3.8) is 0 Å². The van der Waals surface area contributed by atoms with Crippen LogP contribution < -0.4 is 10.5 Å². The van der Waals surface area contributed by atoms with Crippen molar-refractivity contribution >= 4 is 11.6 Å². The number of nitrogens with zero attached hydrogens (tertiary/aromatic N) is 6. The van der Waals surface area contributed by atoms with Gasteiger partial charge in [-0.05, 0) is 29.7 Å². The van der Waals surface area contributed by atoms with Gasteiger partial charge in [0.1, 0.15) is 0 Å². The summed E-state index contributed by atoms with van der Waals surface area (Å²) in [6.07, 6.45) is 3.98. The van der Waals surface area contributed by atoms with Crippen LogP contribution in [0.3, 0.4) is 0 Å². The van der Waals surface area contributed by atoms with Crippen LogP contribution >= 0.6 is 0 Å². The van der Waals surface area contributed by atoms with Crippen molar-refractivity contribution in [2.45, 2.75) is 32.6 Å². The van der Waals surface area contributed by atoms with E-state index >= 15 is 0 Å². The minimum atomic E-state index is -0.145. The summed E-state index contributed by atoms with van der Waals surface area (Å²) in [7, 11) is 2.12. The molecule has 0 saturated carbocycles. The number of fused-ring (bicyclic) bond motifs is 1. The summed E-state index contributed by atoms with van der Waals surface area (Å²) in [5, 5.41) is 2.99. The van der Waals surface area contributed by atoms with Crippen molar-refractivity contribution < 1.29 is 0 Å². The quantitative estimate of drug-likeness (QED) is 0.507. The van der Waals surface area contributed by atoms with E-state index in [4.69, 9.17) is 9.97 Å². The highest BCUT2D eigenvalue weighted by molar-refractivity contribution is 5.63. The lowest BCUT2D eigenvalue weighted by Gasteiger charge is -2.33. The van der Waals surface area contributed by atoms with Gasteiger partial charge in [-0.2, -0.15) is 4.98 Å². The predicted octanol–water partition coefficient (Wildman–Crippen LogP) is 3.12. The Morgan fingerprint density at radius 3 is 2.38 bits per heavy atom. The van der Waals surface area contributed by atoms with Crippen LogP contribution in [0.15, 0.2) is 53.6 Å². The molecule has 8 heteroatoms. The molecule has 0 unspecified atom stereocenters. The molecule has 0 radical (unpaired) electrons. The van der Waals surface area contributed by atoms with E-state index in [2.05, 4.69) is 72.0 Å². The van der Waals surface area contributed by atoms with Gasteiger partial charge in [0, 0.05) is 50.6 Å². The van der Waals surface area contributed by atoms with Crippen LogP contribution in [-0.2, 0) is 11.8 Å². The third kappa shape index (κ3) is 4.33. The van der Waals surface area contributed by atoms with Gasteiger partial charge in [-0.25, -0.2) is 9.50 Å². The molecule has 1 aromatic carbocycles. The van der Waals surface area contributed by atoms with Crippen LogP contribution in [0, 0.1) is 0 Å². The smallest absolute Gasteiger partial charge is 0.270 e. The van der Waals surface area contributed by atoms with Crippen molar-refractivity contribution in [3.8, 4) is 11.4 Å². The molecule has 1 aliphatic heterocycles. The molecule has 4 heterocycles. The Morgan fingerprint density at radius 1 is 1.00 bits per heavy atom. The summed E-state index contributed by atoms with van der Waals surface area (Å²) < 4.78 is 1.76. The van der Waals surface area contributed by atoms with Gasteiger partial charge in [0.15, 0.2) is 11.5 Å². The minimum Gasteiger partial charge on any atom is -0.338 e. The molecule has 34 heavy (non-hydrogen) atoms. The summed E-state index contributed by atoms with van der Waals surface area (Å²) >= 11 is 0. The van der Waals surface area contributed by atoms with Crippen molar-refractivity contribution in [2.75, 3.05) is 38.1 Å². The molecule has 3 aromatic heterocycles. The number of pyridine rings is 1. The minimum absolute atomic E-state index is 0.0686. The third-order valence-electron chi connectivity index (χ3n) is 6.49. The molecule has 4 aromatic rings. The number of aromatic amines is 1. The molecule has 1 N–H and O–H groups in total. The SMILES string of the molecule is CN1CCN(c2nc(-c3ccc(C(C)(C)C)cc3)nc3c(Cc4cccnc4)c(=O)[nH]n23)CC1. The fraction of sp³-hybridized carbons (Fsp3) is 0.385. The Balaban J connectivity index is 1.65. The number of aromatic nitrogens is 5. The first-order chi connectivity index (χ1) is 16.3. The first-order valence-electron chi connectivity index (χ1n) is 11.7. The maximum Gasteiger partial charge on any atom is 0.270 e. The number of H-pyrrole nitrogens is 1. The Kier molecular flexibility index (Phi) is 5.69. The monoisotopic (exact) mass is 457 g/mol. The average Bonchev–Trinajstić information content (AvgIpc) is 3.14. The van der Waals surface area contributed by atoms with E-state index in [9.17, 15) is 4.79 Å². The van der Waals surface area contributed by atoms with Crippen molar-refractivity contribution in [1.82, 2.24) is 29.5 Å². The van der Waals surface area contributed by atoms with E-state index in [0.717, 1.165) is 43.3 Å². The van der Waals surface area contributed by atoms with Gasteiger partial charge in [-0.3, -0.25) is 14.9 Å². The van der Waals surface area contributed by atoms with Gasteiger partial charge >= 0.3 is 0 Å². The molecule has 0 bridgehead atoms. The largest absolute Gasteiger partial charge is 0.338 e. The molecular formula is C26H31N7O. The third-order valence-corrected chi connectivity index (χ3v) is 6.49. The predicted molar refractivity (Wildman–Crippen MR) is 134 cm³/mol. The Hall–Kier alpha value is -3.52. The zero-order chi connectivity index (χ0) is 23.9. The normalized spacial score (nSPS) is 15.2. The van der Waals surface area contributed by atoms with Crippen molar-refractivity contribution in [1.29, 1.82) is 0 Å². The van der Waals surface area contributed by atoms with Crippen LogP contribution in [0.1, 0.15) is 37.5 Å². The number of anilines is 1. The van der Waals surface area contributed by atoms with Crippen LogP contribution in [0.2, 0.25) is 0 Å². The summed E-state index contributed by atoms with van der Waals surface area (Å²) in [4.78, 5) is 31.6. The van der Waals surface area contributed by atoms with Gasteiger partial charge in [0.25, 0.3) is 5.56 Å². The van der Waals surface area contributed by atoms with Gasteiger partial charge in [0.2, 0.25) is 5.95 Å². The maximum absolute atomic E-state index is 13.0. The fourth-order valence-electron chi connectivity index (χ4n) is 4.32. The zero-order valence-electron chi connectivity index (χ0n) is 20.2. The number of rotatable bonds is 4. The molecule has 0 aliphatic carbocycles.